The molecule has 4 nitrogen and oxygen atoms in total. The van der Waals surface area contributed by atoms with Gasteiger partial charge in [0, 0.05) is 24.3 Å². The molecule has 0 aliphatic carbocycles. The number of phenols is 1. The number of anilines is 1. The highest BCUT2D eigenvalue weighted by Crippen LogP contribution is 2.16. The lowest BCUT2D eigenvalue weighted by Gasteiger charge is -2.27. The van der Waals surface area contributed by atoms with E-state index in [4.69, 9.17) is 4.74 Å². The Morgan fingerprint density at radius 1 is 1.47 bits per heavy atom. The molecule has 1 aromatic carbocycles. The van der Waals surface area contributed by atoms with Crippen molar-refractivity contribution in [1.29, 1.82) is 0 Å². The summed E-state index contributed by atoms with van der Waals surface area (Å²) in [6.07, 6.45) is 1.03. The van der Waals surface area contributed by atoms with Crippen LogP contribution in [0.1, 0.15) is 13.3 Å². The Labute approximate surface area is 102 Å². The molecule has 94 valence electrons. The summed E-state index contributed by atoms with van der Waals surface area (Å²) < 4.78 is 5.43. The van der Waals surface area contributed by atoms with Crippen LogP contribution in [0.5, 0.6) is 5.75 Å². The average molecular weight is 236 g/mol. The maximum atomic E-state index is 9.20. The summed E-state index contributed by atoms with van der Waals surface area (Å²) in [5.74, 6) is 0.297. The summed E-state index contributed by atoms with van der Waals surface area (Å²) in [5.41, 5.74) is 1.03. The molecule has 1 saturated heterocycles. The highest BCUT2D eigenvalue weighted by molar-refractivity contribution is 5.46. The predicted molar refractivity (Wildman–Crippen MR) is 68.4 cm³/mol. The van der Waals surface area contributed by atoms with Crippen molar-refractivity contribution in [2.45, 2.75) is 25.4 Å². The molecule has 0 radical (unpaired) electrons. The van der Waals surface area contributed by atoms with Gasteiger partial charge < -0.3 is 20.5 Å². The van der Waals surface area contributed by atoms with Crippen LogP contribution in [0, 0.1) is 0 Å². The van der Waals surface area contributed by atoms with E-state index in [1.165, 1.54) is 0 Å². The van der Waals surface area contributed by atoms with E-state index in [1.54, 1.807) is 12.1 Å². The van der Waals surface area contributed by atoms with Gasteiger partial charge in [0.1, 0.15) is 5.75 Å². The van der Waals surface area contributed by atoms with Gasteiger partial charge in [-0.25, -0.2) is 0 Å². The number of rotatable bonds is 4. The van der Waals surface area contributed by atoms with Crippen molar-refractivity contribution in [2.24, 2.45) is 0 Å². The summed E-state index contributed by atoms with van der Waals surface area (Å²) >= 11 is 0. The molecule has 2 unspecified atom stereocenters. The number of ether oxygens (including phenoxy) is 1. The van der Waals surface area contributed by atoms with Crippen molar-refractivity contribution in [2.75, 3.05) is 25.1 Å². The molecule has 0 spiro atoms. The van der Waals surface area contributed by atoms with E-state index >= 15 is 0 Å². The average Bonchev–Trinajstić information content (AvgIpc) is 2.33. The van der Waals surface area contributed by atoms with Gasteiger partial charge in [0.2, 0.25) is 0 Å². The molecule has 4 heteroatoms. The van der Waals surface area contributed by atoms with E-state index in [1.807, 2.05) is 12.1 Å². The van der Waals surface area contributed by atoms with Gasteiger partial charge in [-0.2, -0.15) is 0 Å². The number of phenolic OH excluding ortho intramolecular Hbond substituents is 1. The van der Waals surface area contributed by atoms with Crippen molar-refractivity contribution in [1.82, 2.24) is 5.32 Å². The highest BCUT2D eigenvalue weighted by Gasteiger charge is 2.15. The molecule has 2 atom stereocenters. The molecule has 1 heterocycles. The molecule has 0 bridgehead atoms. The van der Waals surface area contributed by atoms with Crippen LogP contribution in [0.4, 0.5) is 5.69 Å². The van der Waals surface area contributed by atoms with Crippen molar-refractivity contribution >= 4 is 5.69 Å². The summed E-state index contributed by atoms with van der Waals surface area (Å²) in [6.45, 7) is 4.71. The third kappa shape index (κ3) is 3.91. The summed E-state index contributed by atoms with van der Waals surface area (Å²) in [7, 11) is 0. The Morgan fingerprint density at radius 2 is 2.24 bits per heavy atom. The first-order valence-corrected chi connectivity index (χ1v) is 6.11. The van der Waals surface area contributed by atoms with Crippen LogP contribution in [-0.2, 0) is 4.74 Å². The quantitative estimate of drug-likeness (QED) is 0.695. The van der Waals surface area contributed by atoms with E-state index in [0.717, 1.165) is 31.9 Å². The fourth-order valence-corrected chi connectivity index (χ4v) is 2.10. The number of morpholine rings is 1. The molecule has 2 rings (SSSR count). The van der Waals surface area contributed by atoms with Crippen molar-refractivity contribution < 1.29 is 9.84 Å². The van der Waals surface area contributed by atoms with Gasteiger partial charge >= 0.3 is 0 Å². The van der Waals surface area contributed by atoms with E-state index in [0.29, 0.717) is 17.8 Å². The molecule has 1 fully saturated rings. The van der Waals surface area contributed by atoms with Gasteiger partial charge in [0.15, 0.2) is 0 Å². The molecule has 1 aliphatic rings. The summed E-state index contributed by atoms with van der Waals surface area (Å²) in [5, 5.41) is 16.0. The molecule has 1 aromatic rings. The lowest BCUT2D eigenvalue weighted by Crippen LogP contribution is -2.43. The molecule has 0 amide bonds. The van der Waals surface area contributed by atoms with Gasteiger partial charge in [0.25, 0.3) is 0 Å². The Morgan fingerprint density at radius 3 is 2.88 bits per heavy atom. The van der Waals surface area contributed by atoms with E-state index in [-0.39, 0.29) is 0 Å². The summed E-state index contributed by atoms with van der Waals surface area (Å²) in [4.78, 5) is 0. The van der Waals surface area contributed by atoms with E-state index < -0.39 is 0 Å². The highest BCUT2D eigenvalue weighted by atomic mass is 16.5. The molecular weight excluding hydrogens is 216 g/mol. The second kappa shape index (κ2) is 5.89. The third-order valence-corrected chi connectivity index (χ3v) is 2.92. The first-order chi connectivity index (χ1) is 8.24. The van der Waals surface area contributed by atoms with Crippen LogP contribution in [0.3, 0.4) is 0 Å². The van der Waals surface area contributed by atoms with Crippen LogP contribution in [0.2, 0.25) is 0 Å². The minimum absolute atomic E-state index is 0.297. The number of hydrogen-bond donors (Lipinski definition) is 3. The Balaban J connectivity index is 1.79. The standard InChI is InChI=1S/C13H20N2O2/c1-10(8-12-9-17-7-6-14-12)15-11-2-4-13(16)5-3-11/h2-5,10,12,14-16H,6-9H2,1H3. The van der Waals surface area contributed by atoms with Crippen molar-refractivity contribution in [3.63, 3.8) is 0 Å². The number of nitrogens with one attached hydrogen (secondary N) is 2. The fraction of sp³-hybridized carbons (Fsp3) is 0.538. The van der Waals surface area contributed by atoms with E-state index in [9.17, 15) is 5.11 Å². The predicted octanol–water partition coefficient (Wildman–Crippen LogP) is 1.57. The monoisotopic (exact) mass is 236 g/mol. The molecule has 17 heavy (non-hydrogen) atoms. The van der Waals surface area contributed by atoms with Gasteiger partial charge in [-0.15, -0.1) is 0 Å². The molecule has 1 aliphatic heterocycles. The maximum absolute atomic E-state index is 9.20. The third-order valence-electron chi connectivity index (χ3n) is 2.92. The summed E-state index contributed by atoms with van der Waals surface area (Å²) in [6, 6.07) is 7.96. The number of aromatic hydroxyl groups is 1. The SMILES string of the molecule is CC(CC1COCCN1)Nc1ccc(O)cc1. The second-order valence-corrected chi connectivity index (χ2v) is 4.55. The van der Waals surface area contributed by atoms with Gasteiger partial charge in [-0.1, -0.05) is 0 Å². The zero-order valence-electron chi connectivity index (χ0n) is 10.1. The number of hydrogen-bond acceptors (Lipinski definition) is 4. The lowest BCUT2D eigenvalue weighted by molar-refractivity contribution is 0.0731. The maximum Gasteiger partial charge on any atom is 0.115 e. The Bertz CT molecular complexity index is 334. The second-order valence-electron chi connectivity index (χ2n) is 4.55. The first kappa shape index (κ1) is 12.2. The zero-order valence-corrected chi connectivity index (χ0v) is 10.1. The van der Waals surface area contributed by atoms with Gasteiger partial charge in [-0.3, -0.25) is 0 Å². The Hall–Kier alpha value is -1.26. The molecule has 0 saturated carbocycles. The normalized spacial score (nSPS) is 22.1. The largest absolute Gasteiger partial charge is 0.508 e. The van der Waals surface area contributed by atoms with E-state index in [2.05, 4.69) is 17.6 Å². The molecule has 0 aromatic heterocycles. The minimum Gasteiger partial charge on any atom is -0.508 e. The fourth-order valence-electron chi connectivity index (χ4n) is 2.10. The number of benzene rings is 1. The molecular formula is C13H20N2O2. The van der Waals surface area contributed by atoms with Crippen LogP contribution in [-0.4, -0.2) is 36.9 Å². The van der Waals surface area contributed by atoms with Gasteiger partial charge in [0.05, 0.1) is 13.2 Å². The first-order valence-electron chi connectivity index (χ1n) is 6.11. The van der Waals surface area contributed by atoms with Gasteiger partial charge in [-0.05, 0) is 37.6 Å². The Kier molecular flexibility index (Phi) is 4.23. The minimum atomic E-state index is 0.297. The van der Waals surface area contributed by atoms with Crippen LogP contribution >= 0.6 is 0 Å². The van der Waals surface area contributed by atoms with Crippen molar-refractivity contribution in [3.8, 4) is 5.75 Å². The zero-order chi connectivity index (χ0) is 12.1. The lowest BCUT2D eigenvalue weighted by atomic mass is 10.1. The van der Waals surface area contributed by atoms with Crippen LogP contribution in [0.15, 0.2) is 24.3 Å². The smallest absolute Gasteiger partial charge is 0.115 e. The topological polar surface area (TPSA) is 53.5 Å². The van der Waals surface area contributed by atoms with Crippen LogP contribution in [0.25, 0.3) is 0 Å². The molecule has 3 N–H and O–H groups in total. The van der Waals surface area contributed by atoms with Crippen molar-refractivity contribution in [3.05, 3.63) is 24.3 Å². The van der Waals surface area contributed by atoms with Crippen LogP contribution < -0.4 is 10.6 Å².